The average molecular weight is 435 g/mol. The van der Waals surface area contributed by atoms with Crippen LogP contribution in [0.4, 0.5) is 10.5 Å². The lowest BCUT2D eigenvalue weighted by molar-refractivity contribution is -0.384. The Balaban J connectivity index is 0.00000320. The molecular formula is C19H23ClN6O4. The molecule has 1 fully saturated rings. The van der Waals surface area contributed by atoms with E-state index < -0.39 is 11.0 Å². The molecule has 1 unspecified atom stereocenters. The fourth-order valence-electron chi connectivity index (χ4n) is 3.11. The van der Waals surface area contributed by atoms with Crippen molar-refractivity contribution in [3.05, 3.63) is 70.0 Å². The summed E-state index contributed by atoms with van der Waals surface area (Å²) in [6.07, 6.45) is 3.42. The molecule has 11 heteroatoms. The summed E-state index contributed by atoms with van der Waals surface area (Å²) >= 11 is 0. The van der Waals surface area contributed by atoms with E-state index in [4.69, 9.17) is 0 Å². The zero-order valence-corrected chi connectivity index (χ0v) is 16.9. The van der Waals surface area contributed by atoms with Crippen molar-refractivity contribution in [3.8, 4) is 0 Å². The van der Waals surface area contributed by atoms with Crippen molar-refractivity contribution in [3.63, 3.8) is 0 Å². The number of nitro groups is 1. The van der Waals surface area contributed by atoms with Gasteiger partial charge in [0, 0.05) is 50.7 Å². The number of nitrogens with one attached hydrogen (secondary N) is 3. The van der Waals surface area contributed by atoms with Crippen LogP contribution in [0.15, 0.2) is 48.8 Å². The minimum absolute atomic E-state index is 0. The van der Waals surface area contributed by atoms with Gasteiger partial charge in [-0.3, -0.25) is 19.9 Å². The van der Waals surface area contributed by atoms with Crippen LogP contribution < -0.4 is 16.0 Å². The van der Waals surface area contributed by atoms with E-state index in [9.17, 15) is 19.7 Å². The maximum atomic E-state index is 12.6. The zero-order valence-electron chi connectivity index (χ0n) is 16.1. The number of urea groups is 1. The number of benzene rings is 1. The zero-order chi connectivity index (χ0) is 20.6. The van der Waals surface area contributed by atoms with E-state index >= 15 is 0 Å². The van der Waals surface area contributed by atoms with Gasteiger partial charge < -0.3 is 20.9 Å². The number of hydrogen-bond donors (Lipinski definition) is 3. The Morgan fingerprint density at radius 3 is 2.67 bits per heavy atom. The molecule has 3 rings (SSSR count). The SMILES string of the molecule is Cl.O=C(NCC(=O)N1CCNCC1c1cccnc1)NCc1ccc([N+](=O)[O-])cc1. The van der Waals surface area contributed by atoms with Crippen LogP contribution in [-0.2, 0) is 11.3 Å². The number of pyridine rings is 1. The van der Waals surface area contributed by atoms with E-state index in [0.717, 1.165) is 11.1 Å². The van der Waals surface area contributed by atoms with Crippen molar-refractivity contribution in [1.82, 2.24) is 25.8 Å². The van der Waals surface area contributed by atoms with Crippen LogP contribution in [0.5, 0.6) is 0 Å². The van der Waals surface area contributed by atoms with Gasteiger partial charge in [0.25, 0.3) is 5.69 Å². The summed E-state index contributed by atoms with van der Waals surface area (Å²) in [6.45, 7) is 1.94. The number of carbonyl (C=O) groups excluding carboxylic acids is 2. The number of nitrogens with zero attached hydrogens (tertiary/aromatic N) is 3. The van der Waals surface area contributed by atoms with Crippen LogP contribution >= 0.6 is 12.4 Å². The number of piperazine rings is 1. The van der Waals surface area contributed by atoms with Crippen LogP contribution in [0.25, 0.3) is 0 Å². The van der Waals surface area contributed by atoms with Crippen molar-refractivity contribution in [2.24, 2.45) is 0 Å². The Bertz CT molecular complexity index is 865. The van der Waals surface area contributed by atoms with Crippen LogP contribution in [0.3, 0.4) is 0 Å². The fraction of sp³-hybridized carbons (Fsp3) is 0.316. The molecule has 1 atom stereocenters. The molecule has 0 bridgehead atoms. The minimum Gasteiger partial charge on any atom is -0.334 e. The first-order valence-corrected chi connectivity index (χ1v) is 9.20. The van der Waals surface area contributed by atoms with E-state index in [1.54, 1.807) is 29.4 Å². The molecule has 0 spiro atoms. The summed E-state index contributed by atoms with van der Waals surface area (Å²) in [4.78, 5) is 40.7. The normalized spacial score (nSPS) is 15.6. The maximum absolute atomic E-state index is 12.6. The Hall–Kier alpha value is -3.24. The highest BCUT2D eigenvalue weighted by Crippen LogP contribution is 2.21. The highest BCUT2D eigenvalue weighted by Gasteiger charge is 2.27. The molecule has 1 aliphatic rings. The molecule has 0 radical (unpaired) electrons. The second-order valence-corrected chi connectivity index (χ2v) is 6.55. The summed E-state index contributed by atoms with van der Waals surface area (Å²) in [7, 11) is 0. The van der Waals surface area contributed by atoms with Crippen molar-refractivity contribution < 1.29 is 14.5 Å². The number of halogens is 1. The first-order chi connectivity index (χ1) is 14.0. The Morgan fingerprint density at radius 2 is 2.00 bits per heavy atom. The van der Waals surface area contributed by atoms with E-state index in [1.807, 2.05) is 12.1 Å². The van der Waals surface area contributed by atoms with Crippen LogP contribution in [0.1, 0.15) is 17.2 Å². The summed E-state index contributed by atoms with van der Waals surface area (Å²) in [5, 5.41) is 19.1. The third-order valence-corrected chi connectivity index (χ3v) is 4.63. The predicted molar refractivity (Wildman–Crippen MR) is 112 cm³/mol. The van der Waals surface area contributed by atoms with Gasteiger partial charge in [-0.1, -0.05) is 18.2 Å². The van der Waals surface area contributed by atoms with Gasteiger partial charge >= 0.3 is 6.03 Å². The third kappa shape index (κ3) is 6.13. The van der Waals surface area contributed by atoms with Crippen LogP contribution in [-0.4, -0.2) is 52.9 Å². The molecule has 2 heterocycles. The molecule has 1 aromatic carbocycles. The van der Waals surface area contributed by atoms with E-state index in [0.29, 0.717) is 19.6 Å². The lowest BCUT2D eigenvalue weighted by Gasteiger charge is -2.36. The van der Waals surface area contributed by atoms with Gasteiger partial charge in [-0.2, -0.15) is 0 Å². The molecule has 1 aliphatic heterocycles. The second kappa shape index (κ2) is 11.1. The lowest BCUT2D eigenvalue weighted by Crippen LogP contribution is -2.52. The number of aromatic nitrogens is 1. The van der Waals surface area contributed by atoms with Gasteiger partial charge in [0.15, 0.2) is 0 Å². The molecule has 1 aromatic heterocycles. The molecule has 0 saturated carbocycles. The predicted octanol–water partition coefficient (Wildman–Crippen LogP) is 1.38. The smallest absolute Gasteiger partial charge is 0.315 e. The number of non-ortho nitro benzene ring substituents is 1. The van der Waals surface area contributed by atoms with Gasteiger partial charge in [0.1, 0.15) is 0 Å². The van der Waals surface area contributed by atoms with Gasteiger partial charge in [-0.15, -0.1) is 12.4 Å². The van der Waals surface area contributed by atoms with Crippen molar-refractivity contribution in [2.75, 3.05) is 26.2 Å². The Kier molecular flexibility index (Phi) is 8.51. The molecule has 1 saturated heterocycles. The van der Waals surface area contributed by atoms with Crippen molar-refractivity contribution in [2.45, 2.75) is 12.6 Å². The summed E-state index contributed by atoms with van der Waals surface area (Å²) in [6, 6.07) is 9.04. The highest BCUT2D eigenvalue weighted by atomic mass is 35.5. The van der Waals surface area contributed by atoms with E-state index in [-0.39, 0.29) is 43.1 Å². The van der Waals surface area contributed by atoms with Gasteiger partial charge in [-0.25, -0.2) is 4.79 Å². The quantitative estimate of drug-likeness (QED) is 0.465. The molecular weight excluding hydrogens is 412 g/mol. The van der Waals surface area contributed by atoms with Gasteiger partial charge in [0.05, 0.1) is 17.5 Å². The Morgan fingerprint density at radius 1 is 1.23 bits per heavy atom. The van der Waals surface area contributed by atoms with Gasteiger partial charge in [-0.05, 0) is 17.2 Å². The molecule has 10 nitrogen and oxygen atoms in total. The number of hydrogen-bond acceptors (Lipinski definition) is 6. The number of rotatable bonds is 6. The minimum atomic E-state index is -0.482. The van der Waals surface area contributed by atoms with Crippen molar-refractivity contribution in [1.29, 1.82) is 0 Å². The van der Waals surface area contributed by atoms with Crippen molar-refractivity contribution >= 4 is 30.0 Å². The van der Waals surface area contributed by atoms with Gasteiger partial charge in [0.2, 0.25) is 5.91 Å². The molecule has 30 heavy (non-hydrogen) atoms. The highest BCUT2D eigenvalue weighted by molar-refractivity contribution is 5.85. The molecule has 0 aliphatic carbocycles. The molecule has 3 N–H and O–H groups in total. The number of amides is 3. The largest absolute Gasteiger partial charge is 0.334 e. The Labute approximate surface area is 179 Å². The molecule has 3 amide bonds. The van der Waals surface area contributed by atoms with E-state index in [2.05, 4.69) is 20.9 Å². The average Bonchev–Trinajstić information content (AvgIpc) is 2.77. The first kappa shape index (κ1) is 23.0. The topological polar surface area (TPSA) is 130 Å². The van der Waals surface area contributed by atoms with Crippen LogP contribution in [0, 0.1) is 10.1 Å². The first-order valence-electron chi connectivity index (χ1n) is 9.20. The second-order valence-electron chi connectivity index (χ2n) is 6.55. The number of nitro benzene ring substituents is 1. The fourth-order valence-corrected chi connectivity index (χ4v) is 3.11. The van der Waals surface area contributed by atoms with E-state index in [1.165, 1.54) is 12.1 Å². The summed E-state index contributed by atoms with van der Waals surface area (Å²) in [5.41, 5.74) is 1.65. The number of carbonyl (C=O) groups is 2. The summed E-state index contributed by atoms with van der Waals surface area (Å²) in [5.74, 6) is -0.175. The van der Waals surface area contributed by atoms with Crippen LogP contribution in [0.2, 0.25) is 0 Å². The molecule has 160 valence electrons. The monoisotopic (exact) mass is 434 g/mol. The maximum Gasteiger partial charge on any atom is 0.315 e. The summed E-state index contributed by atoms with van der Waals surface area (Å²) < 4.78 is 0. The third-order valence-electron chi connectivity index (χ3n) is 4.63. The molecule has 2 aromatic rings. The standard InChI is InChI=1S/C19H22N6O4.ClH/c26-18(24-9-8-21-12-17(24)15-2-1-7-20-11-15)13-23-19(27)22-10-14-3-5-16(6-4-14)25(28)29;/h1-7,11,17,21H,8-10,12-13H2,(H2,22,23,27);1H. The lowest BCUT2D eigenvalue weighted by atomic mass is 10.1.